The fourth-order valence-electron chi connectivity index (χ4n) is 2.41. The van der Waals surface area contributed by atoms with Crippen molar-refractivity contribution in [3.63, 3.8) is 0 Å². The van der Waals surface area contributed by atoms with Gasteiger partial charge in [0.05, 0.1) is 33.9 Å². The first kappa shape index (κ1) is 16.5. The number of rotatable bonds is 8. The number of aromatic nitrogens is 1. The van der Waals surface area contributed by atoms with Crippen molar-refractivity contribution in [2.75, 3.05) is 34.3 Å². The van der Waals surface area contributed by atoms with E-state index in [1.54, 1.807) is 0 Å². The van der Waals surface area contributed by atoms with E-state index < -0.39 is 5.97 Å². The number of likely N-dealkylation sites (N-methyl/N-ethyl adjacent to an activating group) is 1. The normalized spacial score (nSPS) is 13.4. The number of hydrogen-bond acceptors (Lipinski definition) is 2. The van der Waals surface area contributed by atoms with Crippen LogP contribution in [-0.4, -0.2) is 54.8 Å². The van der Waals surface area contributed by atoms with E-state index in [-0.39, 0.29) is 12.5 Å². The molecule has 2 N–H and O–H groups in total. The van der Waals surface area contributed by atoms with Gasteiger partial charge in [-0.1, -0.05) is 18.2 Å². The van der Waals surface area contributed by atoms with Gasteiger partial charge in [0.15, 0.2) is 0 Å². The second kappa shape index (κ2) is 6.94. The van der Waals surface area contributed by atoms with Crippen LogP contribution in [0.4, 0.5) is 0 Å². The molecule has 0 aliphatic carbocycles. The molecule has 0 spiro atoms. The van der Waals surface area contributed by atoms with Crippen LogP contribution in [0.5, 0.6) is 0 Å². The van der Waals surface area contributed by atoms with Crippen molar-refractivity contribution in [2.45, 2.75) is 18.9 Å². The second-order valence-corrected chi connectivity index (χ2v) is 6.60. The summed E-state index contributed by atoms with van der Waals surface area (Å²) in [7, 11) is 6.34. The molecule has 2 rings (SSSR count). The largest absolute Gasteiger partial charge is 0.481 e. The summed E-state index contributed by atoms with van der Waals surface area (Å²) in [6.45, 7) is 1.49. The maximum absolute atomic E-state index is 10.9. The minimum Gasteiger partial charge on any atom is -0.481 e. The number of benzene rings is 1. The molecule has 0 radical (unpaired) electrons. The summed E-state index contributed by atoms with van der Waals surface area (Å²) < 4.78 is 6.84. The minimum absolute atomic E-state index is 0.106. The third-order valence-electron chi connectivity index (χ3n) is 3.67. The van der Waals surface area contributed by atoms with E-state index in [4.69, 9.17) is 9.84 Å². The first-order chi connectivity index (χ1) is 10.4. The Morgan fingerprint density at radius 1 is 1.32 bits per heavy atom. The second-order valence-electron chi connectivity index (χ2n) is 6.60. The molecule has 1 unspecified atom stereocenters. The van der Waals surface area contributed by atoms with E-state index in [2.05, 4.69) is 26.1 Å². The molecule has 0 bridgehead atoms. The number of para-hydroxylation sites is 1. The van der Waals surface area contributed by atoms with Gasteiger partial charge in [-0.2, -0.15) is 0 Å². The summed E-state index contributed by atoms with van der Waals surface area (Å²) >= 11 is 0. The van der Waals surface area contributed by atoms with Crippen LogP contribution in [-0.2, 0) is 9.53 Å². The molecule has 0 fully saturated rings. The number of aliphatic carboxylic acids is 1. The zero-order valence-electron chi connectivity index (χ0n) is 13.5. The van der Waals surface area contributed by atoms with Crippen molar-refractivity contribution in [1.29, 1.82) is 0 Å². The van der Waals surface area contributed by atoms with Crippen LogP contribution in [0.15, 0.2) is 30.5 Å². The SMILES string of the molecule is C[N+](C)(C)CCOC(CCC(=O)O)c1c[nH]c2ccccc12. The van der Waals surface area contributed by atoms with E-state index in [0.29, 0.717) is 13.0 Å². The number of aromatic amines is 1. The molecule has 22 heavy (non-hydrogen) atoms. The summed E-state index contributed by atoms with van der Waals surface area (Å²) in [5, 5.41) is 10.1. The Balaban J connectivity index is 2.14. The first-order valence-corrected chi connectivity index (χ1v) is 7.57. The Hall–Kier alpha value is -1.85. The molecule has 0 saturated heterocycles. The molecule has 0 amide bonds. The summed E-state index contributed by atoms with van der Waals surface area (Å²) in [6.07, 6.45) is 2.32. The molecule has 1 aromatic heterocycles. The number of nitrogens with zero attached hydrogens (tertiary/aromatic N) is 1. The van der Waals surface area contributed by atoms with E-state index in [0.717, 1.165) is 27.5 Å². The molecule has 1 heterocycles. The van der Waals surface area contributed by atoms with Crippen molar-refractivity contribution in [3.8, 4) is 0 Å². The topological polar surface area (TPSA) is 62.3 Å². The predicted octanol–water partition coefficient (Wildman–Crippen LogP) is 2.80. The average Bonchev–Trinajstić information content (AvgIpc) is 2.85. The molecule has 5 nitrogen and oxygen atoms in total. The van der Waals surface area contributed by atoms with Gasteiger partial charge in [-0.3, -0.25) is 4.79 Å². The lowest BCUT2D eigenvalue weighted by Gasteiger charge is -2.25. The number of H-pyrrole nitrogens is 1. The maximum Gasteiger partial charge on any atom is 0.303 e. The molecule has 0 aliphatic rings. The average molecular weight is 305 g/mol. The van der Waals surface area contributed by atoms with Gasteiger partial charge in [0.25, 0.3) is 0 Å². The molecule has 2 aromatic rings. The highest BCUT2D eigenvalue weighted by molar-refractivity contribution is 5.83. The third-order valence-corrected chi connectivity index (χ3v) is 3.67. The van der Waals surface area contributed by atoms with Crippen molar-refractivity contribution in [3.05, 3.63) is 36.0 Å². The molecule has 0 saturated carbocycles. The Morgan fingerprint density at radius 3 is 2.73 bits per heavy atom. The number of carboxylic acid groups (broad SMARTS) is 1. The summed E-state index contributed by atoms with van der Waals surface area (Å²) in [5.74, 6) is -0.792. The quantitative estimate of drug-likeness (QED) is 0.737. The van der Waals surface area contributed by atoms with Gasteiger partial charge >= 0.3 is 5.97 Å². The zero-order chi connectivity index (χ0) is 16.2. The molecular formula is C17H25N2O3+. The lowest BCUT2D eigenvalue weighted by Crippen LogP contribution is -2.37. The van der Waals surface area contributed by atoms with Crippen LogP contribution in [0.3, 0.4) is 0 Å². The monoisotopic (exact) mass is 305 g/mol. The van der Waals surface area contributed by atoms with E-state index in [1.807, 2.05) is 30.5 Å². The van der Waals surface area contributed by atoms with Crippen molar-refractivity contribution in [2.24, 2.45) is 0 Å². The highest BCUT2D eigenvalue weighted by atomic mass is 16.5. The van der Waals surface area contributed by atoms with Crippen LogP contribution >= 0.6 is 0 Å². The third kappa shape index (κ3) is 4.58. The number of fused-ring (bicyclic) bond motifs is 1. The molecule has 1 atom stereocenters. The van der Waals surface area contributed by atoms with Crippen molar-refractivity contribution >= 4 is 16.9 Å². The Labute approximate surface area is 131 Å². The van der Waals surface area contributed by atoms with Gasteiger partial charge in [-0.25, -0.2) is 0 Å². The van der Waals surface area contributed by atoms with E-state index in [9.17, 15) is 4.79 Å². The van der Waals surface area contributed by atoms with Crippen LogP contribution in [0, 0.1) is 0 Å². The lowest BCUT2D eigenvalue weighted by atomic mass is 10.0. The van der Waals surface area contributed by atoms with Gasteiger partial charge in [0, 0.05) is 29.1 Å². The van der Waals surface area contributed by atoms with E-state index in [1.165, 1.54) is 0 Å². The summed E-state index contributed by atoms with van der Waals surface area (Å²) in [5.41, 5.74) is 2.09. The van der Waals surface area contributed by atoms with Gasteiger partial charge in [-0.15, -0.1) is 0 Å². The first-order valence-electron chi connectivity index (χ1n) is 7.57. The summed E-state index contributed by atoms with van der Waals surface area (Å²) in [6, 6.07) is 8.02. The van der Waals surface area contributed by atoms with Gasteiger partial charge in [0.1, 0.15) is 6.54 Å². The van der Waals surface area contributed by atoms with Gasteiger partial charge in [-0.05, 0) is 12.5 Å². The van der Waals surface area contributed by atoms with Crippen molar-refractivity contribution in [1.82, 2.24) is 4.98 Å². The molecule has 5 heteroatoms. The molecular weight excluding hydrogens is 280 g/mol. The van der Waals surface area contributed by atoms with Gasteiger partial charge in [0.2, 0.25) is 0 Å². The van der Waals surface area contributed by atoms with Crippen LogP contribution in [0.1, 0.15) is 24.5 Å². The fourth-order valence-corrected chi connectivity index (χ4v) is 2.41. The Kier molecular flexibility index (Phi) is 5.21. The number of quaternary nitrogens is 1. The number of ether oxygens (including phenoxy) is 1. The van der Waals surface area contributed by atoms with Crippen LogP contribution in [0.25, 0.3) is 10.9 Å². The number of carboxylic acids is 1. The van der Waals surface area contributed by atoms with Crippen LogP contribution < -0.4 is 0 Å². The Bertz CT molecular complexity index is 628. The standard InChI is InChI=1S/C17H24N2O3/c1-19(2,3)10-11-22-16(8-9-17(20)21)14-12-18-15-7-5-4-6-13(14)15/h4-7,12,16,18H,8-11H2,1-3H3/p+1. The molecule has 120 valence electrons. The Morgan fingerprint density at radius 2 is 2.05 bits per heavy atom. The van der Waals surface area contributed by atoms with E-state index >= 15 is 0 Å². The minimum atomic E-state index is -0.792. The molecule has 1 aromatic carbocycles. The predicted molar refractivity (Wildman–Crippen MR) is 86.8 cm³/mol. The highest BCUT2D eigenvalue weighted by Gasteiger charge is 2.19. The number of hydrogen-bond donors (Lipinski definition) is 2. The maximum atomic E-state index is 10.9. The fraction of sp³-hybridized carbons (Fsp3) is 0.471. The lowest BCUT2D eigenvalue weighted by molar-refractivity contribution is -0.870. The zero-order valence-corrected chi connectivity index (χ0v) is 13.5. The highest BCUT2D eigenvalue weighted by Crippen LogP contribution is 2.29. The number of carbonyl (C=O) groups is 1. The van der Waals surface area contributed by atoms with Gasteiger partial charge < -0.3 is 19.3 Å². The summed E-state index contributed by atoms with van der Waals surface area (Å²) in [4.78, 5) is 14.1. The molecule has 0 aliphatic heterocycles. The van der Waals surface area contributed by atoms with Crippen LogP contribution in [0.2, 0.25) is 0 Å². The number of nitrogens with one attached hydrogen (secondary N) is 1. The van der Waals surface area contributed by atoms with Crippen molar-refractivity contribution < 1.29 is 19.1 Å². The smallest absolute Gasteiger partial charge is 0.303 e.